The number of pyridine rings is 1. The molecule has 6 heterocycles. The van der Waals surface area contributed by atoms with Crippen molar-refractivity contribution in [3.8, 4) is 45.4 Å². The highest BCUT2D eigenvalue weighted by Crippen LogP contribution is 2.55. The third kappa shape index (κ3) is 2.47. The van der Waals surface area contributed by atoms with E-state index in [4.69, 9.17) is 4.74 Å². The number of nitrogens with zero attached hydrogens (tertiary/aromatic N) is 4. The van der Waals surface area contributed by atoms with Crippen LogP contribution in [0.3, 0.4) is 0 Å². The van der Waals surface area contributed by atoms with Gasteiger partial charge in [-0.25, -0.2) is 0 Å². The van der Waals surface area contributed by atoms with Gasteiger partial charge in [0, 0.05) is 28.5 Å². The summed E-state index contributed by atoms with van der Waals surface area (Å²) in [6.45, 7) is 0. The molecule has 3 aromatic heterocycles. The maximum Gasteiger partial charge on any atom is 0.398 e. The van der Waals surface area contributed by atoms with E-state index in [0.717, 1.165) is 39.8 Å². The van der Waals surface area contributed by atoms with Crippen molar-refractivity contribution in [3.05, 3.63) is 157 Å². The zero-order valence-electron chi connectivity index (χ0n) is 23.6. The first kappa shape index (κ1) is 22.6. The number of benzene rings is 5. The molecule has 0 saturated heterocycles. The van der Waals surface area contributed by atoms with Crippen LogP contribution < -0.4 is 14.0 Å². The zero-order chi connectivity index (χ0) is 28.6. The van der Waals surface area contributed by atoms with E-state index in [1.165, 1.54) is 38.5 Å². The van der Waals surface area contributed by atoms with Gasteiger partial charge in [-0.15, -0.1) is 4.68 Å². The van der Waals surface area contributed by atoms with E-state index >= 15 is 0 Å². The minimum Gasteiger partial charge on any atom is -0.456 e. The van der Waals surface area contributed by atoms with Crippen molar-refractivity contribution in [2.45, 2.75) is 5.66 Å². The van der Waals surface area contributed by atoms with Crippen LogP contribution in [-0.4, -0.2) is 9.25 Å². The van der Waals surface area contributed by atoms with Gasteiger partial charge in [-0.3, -0.25) is 0 Å². The SMILES string of the molecule is c1ccc(-c2ccc(-c3ccn4[n+]3C35c6c(cccc6-4)Oc4ccc6c7ccccc7n(c6c43)-c3cccc[n+]35)cc2)cc1. The maximum absolute atomic E-state index is 6.80. The van der Waals surface area contributed by atoms with Gasteiger partial charge in [0.2, 0.25) is 5.69 Å². The van der Waals surface area contributed by atoms with Crippen molar-refractivity contribution in [2.75, 3.05) is 0 Å². The molecule has 1 spiro atoms. The Morgan fingerprint density at radius 3 is 2.25 bits per heavy atom. The van der Waals surface area contributed by atoms with E-state index in [0.29, 0.717) is 0 Å². The van der Waals surface area contributed by atoms with Crippen LogP contribution >= 0.6 is 0 Å². The second kappa shape index (κ2) is 7.71. The highest BCUT2D eigenvalue weighted by Gasteiger charge is 2.69. The average molecular weight is 565 g/mol. The van der Waals surface area contributed by atoms with Gasteiger partial charge >= 0.3 is 5.66 Å². The molecular formula is C39H24N4O+2. The number of para-hydroxylation sites is 1. The Labute approximate surface area is 252 Å². The first-order chi connectivity index (χ1) is 21.8. The first-order valence-corrected chi connectivity index (χ1v) is 15.0. The van der Waals surface area contributed by atoms with Gasteiger partial charge in [-0.05, 0) is 70.4 Å². The molecular weight excluding hydrogens is 540 g/mol. The van der Waals surface area contributed by atoms with Crippen molar-refractivity contribution in [3.63, 3.8) is 0 Å². The van der Waals surface area contributed by atoms with Crippen LogP contribution in [0.5, 0.6) is 11.5 Å². The van der Waals surface area contributed by atoms with E-state index in [1.807, 2.05) is 0 Å². The fourth-order valence-electron chi connectivity index (χ4n) is 8.13. The smallest absolute Gasteiger partial charge is 0.398 e. The van der Waals surface area contributed by atoms with E-state index in [9.17, 15) is 0 Å². The molecule has 0 N–H and O–H groups in total. The molecule has 5 heteroatoms. The van der Waals surface area contributed by atoms with Gasteiger partial charge < -0.3 is 4.74 Å². The summed E-state index contributed by atoms with van der Waals surface area (Å²) in [6.07, 6.45) is 4.44. The Kier molecular flexibility index (Phi) is 3.97. The molecule has 0 radical (unpaired) electrons. The normalized spacial score (nSPS) is 16.5. The highest BCUT2D eigenvalue weighted by molar-refractivity contribution is 6.11. The number of rotatable bonds is 2. The minimum atomic E-state index is -0.697. The second-order valence-corrected chi connectivity index (χ2v) is 11.8. The summed E-state index contributed by atoms with van der Waals surface area (Å²) >= 11 is 0. The fourth-order valence-corrected chi connectivity index (χ4v) is 8.13. The molecule has 1 atom stereocenters. The van der Waals surface area contributed by atoms with Crippen molar-refractivity contribution < 1.29 is 14.0 Å². The summed E-state index contributed by atoms with van der Waals surface area (Å²) in [7, 11) is 0. The summed E-state index contributed by atoms with van der Waals surface area (Å²) in [5.41, 5.74) is 9.88. The topological polar surface area (TPSA) is 26.8 Å². The summed E-state index contributed by atoms with van der Waals surface area (Å²) < 4.78 is 16.5. The average Bonchev–Trinajstić information content (AvgIpc) is 3.76. The number of aromatic nitrogens is 4. The first-order valence-electron chi connectivity index (χ1n) is 15.0. The lowest BCUT2D eigenvalue weighted by molar-refractivity contribution is -0.988. The Bertz CT molecular complexity index is 2520. The molecule has 0 amide bonds. The zero-order valence-corrected chi connectivity index (χ0v) is 23.6. The van der Waals surface area contributed by atoms with Crippen LogP contribution in [0, 0.1) is 0 Å². The molecule has 8 aromatic rings. The molecule has 5 nitrogen and oxygen atoms in total. The van der Waals surface area contributed by atoms with Gasteiger partial charge in [0.1, 0.15) is 28.3 Å². The van der Waals surface area contributed by atoms with Crippen molar-refractivity contribution in [1.82, 2.24) is 9.25 Å². The molecule has 204 valence electrons. The molecule has 11 rings (SSSR count). The van der Waals surface area contributed by atoms with Gasteiger partial charge in [-0.2, -0.15) is 9.13 Å². The van der Waals surface area contributed by atoms with Gasteiger partial charge in [0.15, 0.2) is 11.1 Å². The molecule has 0 saturated carbocycles. The van der Waals surface area contributed by atoms with Crippen LogP contribution in [0.15, 0.2) is 146 Å². The Morgan fingerprint density at radius 2 is 1.34 bits per heavy atom. The van der Waals surface area contributed by atoms with Gasteiger partial charge in [-0.1, -0.05) is 66.7 Å². The Hall–Kier alpha value is -5.94. The lowest BCUT2D eigenvalue weighted by atomic mass is 9.84. The Balaban J connectivity index is 1.29. The minimum absolute atomic E-state index is 0.697. The predicted molar refractivity (Wildman–Crippen MR) is 169 cm³/mol. The molecule has 0 fully saturated rings. The van der Waals surface area contributed by atoms with Gasteiger partial charge in [0.25, 0.3) is 5.82 Å². The molecule has 3 aliphatic heterocycles. The lowest BCUT2D eigenvalue weighted by Crippen LogP contribution is -2.77. The summed E-state index contributed by atoms with van der Waals surface area (Å²) in [4.78, 5) is 0. The lowest BCUT2D eigenvalue weighted by Gasteiger charge is -2.33. The fraction of sp³-hybridized carbons (Fsp3) is 0.0256. The molecule has 5 aromatic carbocycles. The number of fused-ring (bicyclic) bond motifs is 7. The number of hydrogen-bond acceptors (Lipinski definition) is 1. The van der Waals surface area contributed by atoms with Crippen molar-refractivity contribution >= 4 is 21.8 Å². The number of ether oxygens (including phenoxy) is 1. The summed E-state index contributed by atoms with van der Waals surface area (Å²) in [5.74, 6) is 2.90. The third-order valence-corrected chi connectivity index (χ3v) is 9.79. The molecule has 0 aliphatic carbocycles. The molecule has 44 heavy (non-hydrogen) atoms. The predicted octanol–water partition coefficient (Wildman–Crippen LogP) is 7.51. The van der Waals surface area contributed by atoms with Crippen LogP contribution in [0.4, 0.5) is 0 Å². The van der Waals surface area contributed by atoms with Crippen LogP contribution in [0.25, 0.3) is 55.7 Å². The van der Waals surface area contributed by atoms with E-state index in [-0.39, 0.29) is 0 Å². The van der Waals surface area contributed by atoms with E-state index in [2.05, 4.69) is 164 Å². The quantitative estimate of drug-likeness (QED) is 0.200. The van der Waals surface area contributed by atoms with Crippen molar-refractivity contribution in [2.24, 2.45) is 0 Å². The monoisotopic (exact) mass is 564 g/mol. The summed E-state index contributed by atoms with van der Waals surface area (Å²) in [6, 6.07) is 47.9. The maximum atomic E-state index is 6.80. The van der Waals surface area contributed by atoms with E-state index in [1.54, 1.807) is 0 Å². The Morgan fingerprint density at radius 1 is 0.568 bits per heavy atom. The second-order valence-electron chi connectivity index (χ2n) is 11.8. The largest absolute Gasteiger partial charge is 0.456 e. The van der Waals surface area contributed by atoms with Gasteiger partial charge in [0.05, 0.1) is 12.4 Å². The van der Waals surface area contributed by atoms with Crippen molar-refractivity contribution in [1.29, 1.82) is 0 Å². The molecule has 3 aliphatic rings. The summed E-state index contributed by atoms with van der Waals surface area (Å²) in [5, 5.41) is 2.48. The van der Waals surface area contributed by atoms with E-state index < -0.39 is 5.66 Å². The van der Waals surface area contributed by atoms with Crippen LogP contribution in [0.1, 0.15) is 11.1 Å². The third-order valence-electron chi connectivity index (χ3n) is 9.79. The molecule has 1 unspecified atom stereocenters. The highest BCUT2D eigenvalue weighted by atomic mass is 16.5. The molecule has 0 bridgehead atoms. The standard InChI is InChI=1S/C39H24N4O/c1-2-9-25(10-3-1)26-16-18-27(19-17-26)30-22-24-41-32-13-8-14-33-36(32)39(43(30)41)37-34(44-33)21-20-29-28-11-4-5-12-31(28)42(38(29)37)35-15-6-7-23-40(35)39/h1-24H/q+2. The van der Waals surface area contributed by atoms with Crippen LogP contribution in [-0.2, 0) is 5.66 Å². The van der Waals surface area contributed by atoms with Crippen LogP contribution in [0.2, 0.25) is 0 Å². The number of hydrogen-bond donors (Lipinski definition) is 0.